The Balaban J connectivity index is 2.66. The van der Waals surface area contributed by atoms with Crippen molar-refractivity contribution in [3.63, 3.8) is 0 Å². The smallest absolute Gasteiger partial charge is 0.346 e. The van der Waals surface area contributed by atoms with Crippen molar-refractivity contribution in [3.05, 3.63) is 38.5 Å². The van der Waals surface area contributed by atoms with E-state index in [0.717, 1.165) is 23.1 Å². The van der Waals surface area contributed by atoms with E-state index in [1.54, 1.807) is 19.9 Å². The molecule has 0 fully saturated rings. The lowest BCUT2D eigenvalue weighted by Crippen LogP contribution is -1.99. The number of hydrogen-bond acceptors (Lipinski definition) is 5. The molecule has 18 heavy (non-hydrogen) atoms. The highest BCUT2D eigenvalue weighted by Crippen LogP contribution is 2.33. The molecule has 2 aromatic rings. The van der Waals surface area contributed by atoms with E-state index in [9.17, 15) is 14.9 Å². The summed E-state index contributed by atoms with van der Waals surface area (Å²) in [4.78, 5) is 21.1. The summed E-state index contributed by atoms with van der Waals surface area (Å²) in [7, 11) is 0. The Morgan fingerprint density at radius 3 is 2.61 bits per heavy atom. The van der Waals surface area contributed by atoms with Crippen LogP contribution in [0.15, 0.2) is 12.1 Å². The summed E-state index contributed by atoms with van der Waals surface area (Å²) in [5.41, 5.74) is 1.19. The van der Waals surface area contributed by atoms with Gasteiger partial charge in [0.25, 0.3) is 0 Å². The predicted molar refractivity (Wildman–Crippen MR) is 64.5 cm³/mol. The van der Waals surface area contributed by atoms with Crippen molar-refractivity contribution in [1.29, 1.82) is 0 Å². The molecule has 0 atom stereocenters. The Bertz CT molecular complexity index is 644. The minimum atomic E-state index is -1.18. The molecular weight excluding hydrogens is 258 g/mol. The van der Waals surface area contributed by atoms with Gasteiger partial charge in [-0.25, -0.2) is 9.48 Å². The molecule has 0 amide bonds. The molecule has 0 aliphatic carbocycles. The molecule has 7 nitrogen and oxygen atoms in total. The van der Waals surface area contributed by atoms with E-state index in [1.807, 2.05) is 0 Å². The van der Waals surface area contributed by atoms with Gasteiger partial charge in [-0.15, -0.1) is 11.3 Å². The van der Waals surface area contributed by atoms with Gasteiger partial charge in [0.2, 0.25) is 0 Å². The average Bonchev–Trinajstić information content (AvgIpc) is 2.81. The number of aromatic nitrogens is 2. The monoisotopic (exact) mass is 267 g/mol. The lowest BCUT2D eigenvalue weighted by molar-refractivity contribution is -0.384. The molecular formula is C10H9N3O4S. The van der Waals surface area contributed by atoms with Gasteiger partial charge in [0.1, 0.15) is 4.88 Å². The van der Waals surface area contributed by atoms with Crippen LogP contribution >= 0.6 is 11.3 Å². The second kappa shape index (κ2) is 4.22. The highest BCUT2D eigenvalue weighted by atomic mass is 32.1. The summed E-state index contributed by atoms with van der Waals surface area (Å²) in [5.74, 6) is -1.18. The molecule has 0 bridgehead atoms. The third-order valence-electron chi connectivity index (χ3n) is 2.30. The van der Waals surface area contributed by atoms with Crippen molar-refractivity contribution in [3.8, 4) is 5.00 Å². The summed E-state index contributed by atoms with van der Waals surface area (Å²) < 4.78 is 1.39. The summed E-state index contributed by atoms with van der Waals surface area (Å²) in [6, 6.07) is 2.82. The number of aryl methyl sites for hydroxylation is 2. The molecule has 0 spiro atoms. The molecule has 0 aromatic carbocycles. The third kappa shape index (κ3) is 1.97. The van der Waals surface area contributed by atoms with Crippen molar-refractivity contribution in [1.82, 2.24) is 9.78 Å². The van der Waals surface area contributed by atoms with Crippen LogP contribution in [0.5, 0.6) is 0 Å². The third-order valence-corrected chi connectivity index (χ3v) is 3.39. The molecule has 0 saturated carbocycles. The van der Waals surface area contributed by atoms with Gasteiger partial charge < -0.3 is 5.11 Å². The van der Waals surface area contributed by atoms with Gasteiger partial charge in [-0.2, -0.15) is 5.10 Å². The Hall–Kier alpha value is -2.22. The number of thiophene rings is 1. The zero-order valence-electron chi connectivity index (χ0n) is 9.58. The van der Waals surface area contributed by atoms with Crippen LogP contribution in [0.4, 0.5) is 5.69 Å². The number of carboxylic acids is 1. The molecule has 8 heteroatoms. The molecule has 2 aromatic heterocycles. The van der Waals surface area contributed by atoms with Crippen LogP contribution in [0.1, 0.15) is 21.1 Å². The van der Waals surface area contributed by atoms with Crippen LogP contribution in [-0.4, -0.2) is 25.8 Å². The van der Waals surface area contributed by atoms with E-state index >= 15 is 0 Å². The van der Waals surface area contributed by atoms with Crippen LogP contribution in [0, 0.1) is 24.0 Å². The SMILES string of the molecule is Cc1cc(C)n(-c2sc(C(=O)O)cc2[N+](=O)[O-])n1. The summed E-state index contributed by atoms with van der Waals surface area (Å²) in [6.07, 6.45) is 0. The lowest BCUT2D eigenvalue weighted by Gasteiger charge is -1.99. The topological polar surface area (TPSA) is 98.3 Å². The van der Waals surface area contributed by atoms with E-state index in [2.05, 4.69) is 5.10 Å². The number of rotatable bonds is 3. The van der Waals surface area contributed by atoms with Crippen molar-refractivity contribution < 1.29 is 14.8 Å². The molecule has 94 valence electrons. The number of aromatic carboxylic acids is 1. The van der Waals surface area contributed by atoms with Gasteiger partial charge in [-0.1, -0.05) is 0 Å². The van der Waals surface area contributed by atoms with Crippen LogP contribution in [0.2, 0.25) is 0 Å². The Morgan fingerprint density at radius 2 is 2.17 bits per heavy atom. The van der Waals surface area contributed by atoms with Gasteiger partial charge in [-0.05, 0) is 19.9 Å². The van der Waals surface area contributed by atoms with E-state index in [0.29, 0.717) is 5.69 Å². The molecule has 0 saturated heterocycles. The van der Waals surface area contributed by atoms with Gasteiger partial charge in [-0.3, -0.25) is 10.1 Å². The van der Waals surface area contributed by atoms with Crippen LogP contribution in [0.25, 0.3) is 5.00 Å². The van der Waals surface area contributed by atoms with E-state index < -0.39 is 10.9 Å². The van der Waals surface area contributed by atoms with Crippen LogP contribution in [-0.2, 0) is 0 Å². The molecule has 2 heterocycles. The number of carboxylic acid groups (broad SMARTS) is 1. The number of carbonyl (C=O) groups is 1. The number of nitrogens with zero attached hydrogens (tertiary/aromatic N) is 3. The van der Waals surface area contributed by atoms with Crippen molar-refractivity contribution in [2.45, 2.75) is 13.8 Å². The second-order valence-corrected chi connectivity index (χ2v) is 4.73. The molecule has 0 unspecified atom stereocenters. The zero-order chi connectivity index (χ0) is 13.4. The maximum Gasteiger partial charge on any atom is 0.346 e. The van der Waals surface area contributed by atoms with Crippen molar-refractivity contribution in [2.75, 3.05) is 0 Å². The van der Waals surface area contributed by atoms with Gasteiger partial charge in [0, 0.05) is 11.8 Å². The maximum atomic E-state index is 10.9. The highest BCUT2D eigenvalue weighted by molar-refractivity contribution is 7.16. The molecule has 0 radical (unpaired) electrons. The fourth-order valence-corrected chi connectivity index (χ4v) is 2.57. The van der Waals surface area contributed by atoms with Crippen molar-refractivity contribution in [2.24, 2.45) is 0 Å². The fraction of sp³-hybridized carbons (Fsp3) is 0.200. The van der Waals surface area contributed by atoms with Crippen molar-refractivity contribution >= 4 is 23.0 Å². The molecule has 1 N–H and O–H groups in total. The first-order valence-corrected chi connectivity index (χ1v) is 5.77. The Labute approximate surface area is 105 Å². The quantitative estimate of drug-likeness (QED) is 0.678. The first kappa shape index (κ1) is 12.2. The van der Waals surface area contributed by atoms with Crippen LogP contribution < -0.4 is 0 Å². The summed E-state index contributed by atoms with van der Waals surface area (Å²) in [6.45, 7) is 3.52. The van der Waals surface area contributed by atoms with E-state index in [1.165, 1.54) is 4.68 Å². The minimum Gasteiger partial charge on any atom is -0.477 e. The van der Waals surface area contributed by atoms with Gasteiger partial charge >= 0.3 is 11.7 Å². The summed E-state index contributed by atoms with van der Waals surface area (Å²) >= 11 is 0.836. The lowest BCUT2D eigenvalue weighted by atomic mass is 10.4. The maximum absolute atomic E-state index is 10.9. The Kier molecular flexibility index (Phi) is 2.87. The first-order chi connectivity index (χ1) is 8.40. The van der Waals surface area contributed by atoms with Crippen LogP contribution in [0.3, 0.4) is 0 Å². The first-order valence-electron chi connectivity index (χ1n) is 4.95. The number of hydrogen-bond donors (Lipinski definition) is 1. The molecule has 0 aliphatic rings. The molecule has 0 aliphatic heterocycles. The fourth-order valence-electron chi connectivity index (χ4n) is 1.59. The predicted octanol–water partition coefficient (Wildman–Crippen LogP) is 2.16. The van der Waals surface area contributed by atoms with E-state index in [-0.39, 0.29) is 15.6 Å². The zero-order valence-corrected chi connectivity index (χ0v) is 10.4. The van der Waals surface area contributed by atoms with Gasteiger partial charge in [0.15, 0.2) is 5.00 Å². The average molecular weight is 267 g/mol. The summed E-state index contributed by atoms with van der Waals surface area (Å²) in [5, 5.41) is 24.1. The normalized spacial score (nSPS) is 10.6. The van der Waals surface area contributed by atoms with Gasteiger partial charge in [0.05, 0.1) is 10.6 Å². The molecule has 2 rings (SSSR count). The highest BCUT2D eigenvalue weighted by Gasteiger charge is 2.24. The second-order valence-electron chi connectivity index (χ2n) is 3.70. The largest absolute Gasteiger partial charge is 0.477 e. The number of nitro groups is 1. The standard InChI is InChI=1S/C10H9N3O4S/c1-5-3-6(2)12(11-5)9-7(13(16)17)4-8(18-9)10(14)15/h3-4H,1-2H3,(H,14,15). The minimum absolute atomic E-state index is 0.0794. The van der Waals surface area contributed by atoms with E-state index in [4.69, 9.17) is 5.11 Å². The Morgan fingerprint density at radius 1 is 1.50 bits per heavy atom.